The summed E-state index contributed by atoms with van der Waals surface area (Å²) in [7, 11) is 0. The van der Waals surface area contributed by atoms with Gasteiger partial charge in [-0.25, -0.2) is 0 Å². The number of thiophene rings is 1. The number of benzene rings is 1. The lowest BCUT2D eigenvalue weighted by Crippen LogP contribution is -2.04. The first-order chi connectivity index (χ1) is 10.7. The van der Waals surface area contributed by atoms with E-state index >= 15 is 0 Å². The molecule has 0 aliphatic heterocycles. The molecule has 1 aliphatic carbocycles. The highest BCUT2D eigenvalue weighted by atomic mass is 35.5. The van der Waals surface area contributed by atoms with Crippen LogP contribution in [0.1, 0.15) is 40.4 Å². The fourth-order valence-electron chi connectivity index (χ4n) is 2.55. The maximum absolute atomic E-state index is 12.9. The zero-order valence-corrected chi connectivity index (χ0v) is 13.2. The molecular weight excluding hydrogens is 318 g/mol. The number of nitrogens with zero attached hydrogens (tertiary/aromatic N) is 1. The van der Waals surface area contributed by atoms with Crippen LogP contribution in [-0.2, 0) is 0 Å². The van der Waals surface area contributed by atoms with Crippen LogP contribution in [0, 0.1) is 0 Å². The van der Waals surface area contributed by atoms with Crippen LogP contribution in [0.5, 0.6) is 0 Å². The first kappa shape index (κ1) is 13.7. The van der Waals surface area contributed by atoms with Crippen molar-refractivity contribution in [1.29, 1.82) is 0 Å². The molecule has 110 valence electrons. The van der Waals surface area contributed by atoms with Gasteiger partial charge in [-0.2, -0.15) is 0 Å². The van der Waals surface area contributed by atoms with Gasteiger partial charge in [0, 0.05) is 27.3 Å². The van der Waals surface area contributed by atoms with E-state index in [4.69, 9.17) is 16.1 Å². The molecule has 1 aliphatic rings. The molecule has 22 heavy (non-hydrogen) atoms. The van der Waals surface area contributed by atoms with Crippen molar-refractivity contribution in [2.24, 2.45) is 0 Å². The third-order valence-electron chi connectivity index (χ3n) is 3.80. The molecule has 0 bridgehead atoms. The second kappa shape index (κ2) is 5.38. The van der Waals surface area contributed by atoms with Crippen LogP contribution in [0.3, 0.4) is 0 Å². The van der Waals surface area contributed by atoms with Crippen LogP contribution < -0.4 is 0 Å². The number of carbonyl (C=O) groups excluding carboxylic acids is 1. The monoisotopic (exact) mass is 329 g/mol. The smallest absolute Gasteiger partial charge is 0.198 e. The molecule has 3 aromatic rings. The van der Waals surface area contributed by atoms with Crippen molar-refractivity contribution < 1.29 is 9.32 Å². The Bertz CT molecular complexity index is 848. The van der Waals surface area contributed by atoms with Gasteiger partial charge in [0.1, 0.15) is 0 Å². The molecule has 0 N–H and O–H groups in total. The Kier molecular flexibility index (Phi) is 3.36. The molecule has 0 unspecified atom stereocenters. The minimum absolute atomic E-state index is 0.0386. The highest BCUT2D eigenvalue weighted by molar-refractivity contribution is 7.14. The number of ketones is 1. The fourth-order valence-corrected chi connectivity index (χ4v) is 3.67. The van der Waals surface area contributed by atoms with Crippen LogP contribution in [0.15, 0.2) is 46.4 Å². The Balaban J connectivity index is 1.79. The van der Waals surface area contributed by atoms with Crippen LogP contribution in [-0.4, -0.2) is 10.9 Å². The minimum atomic E-state index is -0.0386. The van der Waals surface area contributed by atoms with Crippen molar-refractivity contribution in [2.45, 2.75) is 18.8 Å². The number of halogens is 1. The number of hydrogen-bond donors (Lipinski definition) is 0. The lowest BCUT2D eigenvalue weighted by atomic mass is 9.97. The summed E-state index contributed by atoms with van der Waals surface area (Å²) in [4.78, 5) is 13.9. The topological polar surface area (TPSA) is 43.1 Å². The summed E-state index contributed by atoms with van der Waals surface area (Å²) in [5, 5.41) is 6.38. The Morgan fingerprint density at radius 2 is 2.09 bits per heavy atom. The molecule has 0 spiro atoms. The minimum Gasteiger partial charge on any atom is -0.360 e. The van der Waals surface area contributed by atoms with E-state index in [2.05, 4.69) is 5.16 Å². The van der Waals surface area contributed by atoms with Gasteiger partial charge >= 0.3 is 0 Å². The molecule has 5 heteroatoms. The van der Waals surface area contributed by atoms with E-state index in [1.807, 2.05) is 35.7 Å². The van der Waals surface area contributed by atoms with Gasteiger partial charge in [-0.15, -0.1) is 11.3 Å². The van der Waals surface area contributed by atoms with E-state index in [-0.39, 0.29) is 5.78 Å². The lowest BCUT2D eigenvalue weighted by molar-refractivity contribution is 0.103. The summed E-state index contributed by atoms with van der Waals surface area (Å²) in [6.07, 6.45) is 3.67. The number of hydrogen-bond acceptors (Lipinski definition) is 4. The summed E-state index contributed by atoms with van der Waals surface area (Å²) in [5.41, 5.74) is 2.14. The van der Waals surface area contributed by atoms with Crippen LogP contribution >= 0.6 is 22.9 Å². The normalized spacial score (nSPS) is 14.2. The molecule has 0 saturated heterocycles. The Labute approximate surface area is 136 Å². The molecule has 1 saturated carbocycles. The van der Waals surface area contributed by atoms with Crippen LogP contribution in [0.25, 0.3) is 10.4 Å². The zero-order valence-electron chi connectivity index (χ0n) is 11.6. The van der Waals surface area contributed by atoms with Gasteiger partial charge in [0.2, 0.25) is 0 Å². The second-order valence-electron chi connectivity index (χ2n) is 5.38. The maximum Gasteiger partial charge on any atom is 0.198 e. The lowest BCUT2D eigenvalue weighted by Gasteiger charge is -2.06. The number of aromatic nitrogens is 1. The summed E-state index contributed by atoms with van der Waals surface area (Å²) in [5.74, 6) is 1.04. The number of rotatable bonds is 4. The molecular formula is C17H12ClNO2S. The molecule has 2 aromatic heterocycles. The largest absolute Gasteiger partial charge is 0.360 e. The summed E-state index contributed by atoms with van der Waals surface area (Å²) in [6.45, 7) is 0. The molecule has 0 atom stereocenters. The molecule has 0 radical (unpaired) electrons. The third kappa shape index (κ3) is 2.38. The maximum atomic E-state index is 12.9. The molecule has 2 heterocycles. The predicted molar refractivity (Wildman–Crippen MR) is 86.7 cm³/mol. The summed E-state index contributed by atoms with van der Waals surface area (Å²) in [6, 6.07) is 9.47. The van der Waals surface area contributed by atoms with E-state index in [1.54, 1.807) is 0 Å². The van der Waals surface area contributed by atoms with E-state index in [1.165, 1.54) is 17.5 Å². The Hall–Kier alpha value is -1.91. The first-order valence-corrected chi connectivity index (χ1v) is 8.32. The van der Waals surface area contributed by atoms with Gasteiger partial charge in [-0.1, -0.05) is 41.0 Å². The highest BCUT2D eigenvalue weighted by Gasteiger charge is 2.33. The average molecular weight is 330 g/mol. The van der Waals surface area contributed by atoms with Gasteiger partial charge in [0.05, 0.1) is 16.8 Å². The standard InChI is InChI=1S/C17H12ClNO2S/c18-11-7-15(22-9-11)12-3-1-2-4-13(12)16(20)14-8-19-21-17(14)10-5-6-10/h1-4,7-10H,5-6H2. The van der Waals surface area contributed by atoms with Gasteiger partial charge in [-0.05, 0) is 18.9 Å². The molecule has 1 aromatic carbocycles. The van der Waals surface area contributed by atoms with Crippen molar-refractivity contribution >= 4 is 28.7 Å². The fraction of sp³-hybridized carbons (Fsp3) is 0.176. The van der Waals surface area contributed by atoms with Gasteiger partial charge in [0.15, 0.2) is 11.5 Å². The molecule has 4 rings (SSSR count). The quantitative estimate of drug-likeness (QED) is 0.620. The average Bonchev–Trinajstić information content (AvgIpc) is 3.10. The molecule has 3 nitrogen and oxygen atoms in total. The van der Waals surface area contributed by atoms with Crippen molar-refractivity contribution in [3.63, 3.8) is 0 Å². The molecule has 0 amide bonds. The van der Waals surface area contributed by atoms with Crippen molar-refractivity contribution in [2.75, 3.05) is 0 Å². The summed E-state index contributed by atoms with van der Waals surface area (Å²) >= 11 is 7.55. The second-order valence-corrected chi connectivity index (χ2v) is 6.73. The van der Waals surface area contributed by atoms with Gasteiger partial charge < -0.3 is 4.52 Å². The van der Waals surface area contributed by atoms with E-state index in [9.17, 15) is 4.79 Å². The van der Waals surface area contributed by atoms with Crippen molar-refractivity contribution in [3.05, 3.63) is 63.8 Å². The third-order valence-corrected chi connectivity index (χ3v) is 5.11. The van der Waals surface area contributed by atoms with E-state index in [0.717, 1.165) is 29.0 Å². The van der Waals surface area contributed by atoms with Gasteiger partial charge in [0.25, 0.3) is 0 Å². The summed E-state index contributed by atoms with van der Waals surface area (Å²) < 4.78 is 5.29. The van der Waals surface area contributed by atoms with E-state index in [0.29, 0.717) is 22.1 Å². The van der Waals surface area contributed by atoms with Crippen molar-refractivity contribution in [3.8, 4) is 10.4 Å². The van der Waals surface area contributed by atoms with E-state index < -0.39 is 0 Å². The Morgan fingerprint density at radius 1 is 1.27 bits per heavy atom. The number of carbonyl (C=O) groups is 1. The van der Waals surface area contributed by atoms with Gasteiger partial charge in [-0.3, -0.25) is 4.79 Å². The van der Waals surface area contributed by atoms with Crippen LogP contribution in [0.4, 0.5) is 0 Å². The molecule has 1 fully saturated rings. The van der Waals surface area contributed by atoms with Crippen LogP contribution in [0.2, 0.25) is 5.02 Å². The highest BCUT2D eigenvalue weighted by Crippen LogP contribution is 2.42. The van der Waals surface area contributed by atoms with Crippen molar-refractivity contribution in [1.82, 2.24) is 5.16 Å². The zero-order chi connectivity index (χ0) is 15.1. The predicted octanol–water partition coefficient (Wildman–Crippen LogP) is 5.16. The SMILES string of the molecule is O=C(c1ccccc1-c1cc(Cl)cs1)c1cnoc1C1CC1. The first-order valence-electron chi connectivity index (χ1n) is 7.07. The Morgan fingerprint density at radius 3 is 2.82 bits per heavy atom.